The Morgan fingerprint density at radius 2 is 2.38 bits per heavy atom. The fraction of sp³-hybridized carbons (Fsp3) is 0.700. The maximum absolute atomic E-state index is 5.53. The summed E-state index contributed by atoms with van der Waals surface area (Å²) in [7, 11) is 0. The quantitative estimate of drug-likeness (QED) is 0.616. The monoisotopic (exact) mass is 180 g/mol. The Balaban J connectivity index is 2.04. The highest BCUT2D eigenvalue weighted by Crippen LogP contribution is 2.34. The zero-order valence-electron chi connectivity index (χ0n) is 8.10. The molecule has 3 heteroatoms. The van der Waals surface area contributed by atoms with Gasteiger partial charge in [-0.15, -0.1) is 0 Å². The standard InChI is InChI=1S/C10H16N2O/c1-8-3-4-10(5-6-11-8)7-9(2)12-13-10/h11H,1,3-7H2,2H3. The van der Waals surface area contributed by atoms with E-state index in [4.69, 9.17) is 4.84 Å². The average molecular weight is 180 g/mol. The highest BCUT2D eigenvalue weighted by Gasteiger charge is 2.38. The van der Waals surface area contributed by atoms with Crippen molar-refractivity contribution < 1.29 is 4.84 Å². The molecule has 1 N–H and O–H groups in total. The van der Waals surface area contributed by atoms with Crippen LogP contribution in [0.1, 0.15) is 32.6 Å². The number of nitrogens with one attached hydrogen (secondary N) is 1. The summed E-state index contributed by atoms with van der Waals surface area (Å²) in [6.07, 6.45) is 4.07. The smallest absolute Gasteiger partial charge is 0.145 e. The van der Waals surface area contributed by atoms with E-state index in [1.807, 2.05) is 6.92 Å². The van der Waals surface area contributed by atoms with Crippen molar-refractivity contribution >= 4 is 5.71 Å². The minimum Gasteiger partial charge on any atom is -0.389 e. The van der Waals surface area contributed by atoms with E-state index in [1.54, 1.807) is 0 Å². The third-order valence-electron chi connectivity index (χ3n) is 2.81. The molecule has 1 unspecified atom stereocenters. The van der Waals surface area contributed by atoms with Crippen molar-refractivity contribution in [2.24, 2.45) is 5.16 Å². The van der Waals surface area contributed by atoms with Crippen LogP contribution in [-0.2, 0) is 4.84 Å². The van der Waals surface area contributed by atoms with Gasteiger partial charge in [0.15, 0.2) is 0 Å². The minimum atomic E-state index is -0.0173. The molecule has 0 aromatic carbocycles. The van der Waals surface area contributed by atoms with Gasteiger partial charge in [-0.2, -0.15) is 0 Å². The molecule has 1 spiro atoms. The topological polar surface area (TPSA) is 33.6 Å². The Bertz CT molecular complexity index is 260. The Hall–Kier alpha value is -0.990. The number of nitrogens with zero attached hydrogens (tertiary/aromatic N) is 1. The number of hydrogen-bond acceptors (Lipinski definition) is 3. The van der Waals surface area contributed by atoms with Crippen LogP contribution in [0.3, 0.4) is 0 Å². The first-order valence-electron chi connectivity index (χ1n) is 4.84. The van der Waals surface area contributed by atoms with E-state index in [-0.39, 0.29) is 5.60 Å². The normalized spacial score (nSPS) is 33.6. The molecule has 3 nitrogen and oxygen atoms in total. The molecule has 1 atom stereocenters. The van der Waals surface area contributed by atoms with Gasteiger partial charge in [0.2, 0.25) is 0 Å². The van der Waals surface area contributed by atoms with E-state index in [0.717, 1.165) is 43.6 Å². The van der Waals surface area contributed by atoms with Crippen LogP contribution in [0.25, 0.3) is 0 Å². The highest BCUT2D eigenvalue weighted by atomic mass is 16.7. The van der Waals surface area contributed by atoms with Crippen molar-refractivity contribution in [1.29, 1.82) is 0 Å². The van der Waals surface area contributed by atoms with Crippen molar-refractivity contribution in [3.8, 4) is 0 Å². The Kier molecular flexibility index (Phi) is 2.02. The van der Waals surface area contributed by atoms with Crippen molar-refractivity contribution in [2.75, 3.05) is 6.54 Å². The van der Waals surface area contributed by atoms with Crippen LogP contribution < -0.4 is 5.32 Å². The highest BCUT2D eigenvalue weighted by molar-refractivity contribution is 5.83. The summed E-state index contributed by atoms with van der Waals surface area (Å²) in [6.45, 7) is 6.93. The van der Waals surface area contributed by atoms with Gasteiger partial charge in [0, 0.05) is 25.1 Å². The lowest BCUT2D eigenvalue weighted by Gasteiger charge is -2.23. The van der Waals surface area contributed by atoms with Gasteiger partial charge < -0.3 is 10.2 Å². The molecular formula is C10H16N2O. The second kappa shape index (κ2) is 3.05. The lowest BCUT2D eigenvalue weighted by Crippen LogP contribution is -2.29. The first kappa shape index (κ1) is 8.60. The van der Waals surface area contributed by atoms with Gasteiger partial charge in [-0.25, -0.2) is 0 Å². The van der Waals surface area contributed by atoms with Crippen LogP contribution in [0, 0.1) is 0 Å². The van der Waals surface area contributed by atoms with Gasteiger partial charge in [-0.3, -0.25) is 0 Å². The zero-order valence-corrected chi connectivity index (χ0v) is 8.10. The molecular weight excluding hydrogens is 164 g/mol. The maximum Gasteiger partial charge on any atom is 0.145 e. The SMILES string of the molecule is C=C1CCC2(CCN1)CC(C)=NO2. The Morgan fingerprint density at radius 3 is 3.08 bits per heavy atom. The second-order valence-corrected chi connectivity index (χ2v) is 4.06. The molecule has 2 rings (SSSR count). The van der Waals surface area contributed by atoms with Crippen LogP contribution >= 0.6 is 0 Å². The van der Waals surface area contributed by atoms with E-state index in [0.29, 0.717) is 0 Å². The van der Waals surface area contributed by atoms with E-state index in [2.05, 4.69) is 17.1 Å². The molecule has 2 aliphatic heterocycles. The fourth-order valence-electron chi connectivity index (χ4n) is 2.03. The van der Waals surface area contributed by atoms with Gasteiger partial charge in [0.05, 0.1) is 5.71 Å². The number of rotatable bonds is 0. The summed E-state index contributed by atoms with van der Waals surface area (Å²) in [5.74, 6) is 0. The van der Waals surface area contributed by atoms with Crippen molar-refractivity contribution in [1.82, 2.24) is 5.32 Å². The lowest BCUT2D eigenvalue weighted by atomic mass is 9.90. The molecule has 0 aliphatic carbocycles. The first-order chi connectivity index (χ1) is 6.20. The van der Waals surface area contributed by atoms with Gasteiger partial charge >= 0.3 is 0 Å². The largest absolute Gasteiger partial charge is 0.389 e. The first-order valence-corrected chi connectivity index (χ1v) is 4.84. The fourth-order valence-corrected chi connectivity index (χ4v) is 2.03. The molecule has 0 amide bonds. The number of oxime groups is 1. The molecule has 0 saturated carbocycles. The van der Waals surface area contributed by atoms with Crippen LogP contribution in [0.2, 0.25) is 0 Å². The van der Waals surface area contributed by atoms with Crippen LogP contribution in [0.4, 0.5) is 0 Å². The molecule has 0 bridgehead atoms. The minimum absolute atomic E-state index is 0.0173. The van der Waals surface area contributed by atoms with Gasteiger partial charge in [-0.05, 0) is 19.8 Å². The third kappa shape index (κ3) is 1.69. The van der Waals surface area contributed by atoms with Gasteiger partial charge in [0.25, 0.3) is 0 Å². The van der Waals surface area contributed by atoms with Crippen LogP contribution in [0.15, 0.2) is 17.4 Å². The van der Waals surface area contributed by atoms with Crippen LogP contribution in [0.5, 0.6) is 0 Å². The van der Waals surface area contributed by atoms with Crippen molar-refractivity contribution in [3.05, 3.63) is 12.3 Å². The van der Waals surface area contributed by atoms with Crippen LogP contribution in [-0.4, -0.2) is 17.9 Å². The summed E-state index contributed by atoms with van der Waals surface area (Å²) < 4.78 is 0. The molecule has 0 radical (unpaired) electrons. The predicted octanol–water partition coefficient (Wildman–Crippen LogP) is 1.81. The maximum atomic E-state index is 5.53. The molecule has 2 aliphatic rings. The molecule has 1 saturated heterocycles. The summed E-state index contributed by atoms with van der Waals surface area (Å²) in [6, 6.07) is 0. The van der Waals surface area contributed by atoms with Gasteiger partial charge in [-0.1, -0.05) is 11.7 Å². The van der Waals surface area contributed by atoms with Gasteiger partial charge in [0.1, 0.15) is 5.60 Å². The molecule has 72 valence electrons. The number of allylic oxidation sites excluding steroid dienone is 1. The van der Waals surface area contributed by atoms with E-state index in [9.17, 15) is 0 Å². The summed E-state index contributed by atoms with van der Waals surface area (Å²) in [5.41, 5.74) is 2.23. The van der Waals surface area contributed by atoms with E-state index >= 15 is 0 Å². The summed E-state index contributed by atoms with van der Waals surface area (Å²) >= 11 is 0. The van der Waals surface area contributed by atoms with Crippen molar-refractivity contribution in [2.45, 2.75) is 38.2 Å². The van der Waals surface area contributed by atoms with Crippen molar-refractivity contribution in [3.63, 3.8) is 0 Å². The molecule has 2 heterocycles. The summed E-state index contributed by atoms with van der Waals surface area (Å²) in [5, 5.41) is 7.32. The average Bonchev–Trinajstić information content (AvgIpc) is 2.35. The van der Waals surface area contributed by atoms with E-state index < -0.39 is 0 Å². The molecule has 13 heavy (non-hydrogen) atoms. The Labute approximate surface area is 78.8 Å². The molecule has 0 aromatic heterocycles. The number of hydrogen-bond donors (Lipinski definition) is 1. The lowest BCUT2D eigenvalue weighted by molar-refractivity contribution is -0.0271. The zero-order chi connectivity index (χ0) is 9.31. The molecule has 1 fully saturated rings. The Morgan fingerprint density at radius 1 is 1.54 bits per heavy atom. The predicted molar refractivity (Wildman–Crippen MR) is 52.5 cm³/mol. The third-order valence-corrected chi connectivity index (χ3v) is 2.81. The second-order valence-electron chi connectivity index (χ2n) is 4.06. The summed E-state index contributed by atoms with van der Waals surface area (Å²) in [4.78, 5) is 5.53. The molecule has 0 aromatic rings. The van der Waals surface area contributed by atoms with E-state index in [1.165, 1.54) is 0 Å².